The molecular formula is C14H16ClNO2S. The molecule has 0 aromatic carbocycles. The van der Waals surface area contributed by atoms with Crippen molar-refractivity contribution in [2.45, 2.75) is 18.9 Å². The molecule has 0 bridgehead atoms. The van der Waals surface area contributed by atoms with Crippen molar-refractivity contribution in [3.05, 3.63) is 27.4 Å². The number of nitrogens with zero attached hydrogens (tertiary/aromatic N) is 1. The van der Waals surface area contributed by atoms with Gasteiger partial charge in [0.05, 0.1) is 10.4 Å². The predicted octanol–water partition coefficient (Wildman–Crippen LogP) is 2.64. The highest BCUT2D eigenvalue weighted by molar-refractivity contribution is 7.17. The third-order valence-electron chi connectivity index (χ3n) is 4.11. The Hall–Kier alpha value is -0.840. The van der Waals surface area contributed by atoms with E-state index < -0.39 is 0 Å². The first-order valence-electron chi connectivity index (χ1n) is 6.54. The molecule has 2 aliphatic rings. The number of rotatable bonds is 2. The van der Waals surface area contributed by atoms with Gasteiger partial charge in [-0.05, 0) is 37.0 Å². The van der Waals surface area contributed by atoms with E-state index in [4.69, 9.17) is 11.6 Å². The molecule has 1 aromatic rings. The fourth-order valence-corrected chi connectivity index (χ4v) is 4.06. The van der Waals surface area contributed by atoms with Crippen molar-refractivity contribution >= 4 is 34.9 Å². The zero-order valence-corrected chi connectivity index (χ0v) is 12.0. The topological polar surface area (TPSA) is 40.5 Å². The highest BCUT2D eigenvalue weighted by Crippen LogP contribution is 2.38. The largest absolute Gasteiger partial charge is 0.393 e. The number of carbonyl (C=O) groups is 1. The van der Waals surface area contributed by atoms with Gasteiger partial charge < -0.3 is 10.0 Å². The Kier molecular flexibility index (Phi) is 3.65. The van der Waals surface area contributed by atoms with Gasteiger partial charge in [0, 0.05) is 30.0 Å². The lowest BCUT2D eigenvalue weighted by atomic mass is 10.00. The summed E-state index contributed by atoms with van der Waals surface area (Å²) in [6.45, 7) is 1.48. The molecule has 5 heteroatoms. The van der Waals surface area contributed by atoms with Gasteiger partial charge in [0.15, 0.2) is 0 Å². The SMILES string of the molecule is O=C(/C=C/c1ccc(Cl)s1)N1CC2CCC(O)C2C1. The number of hydrogen-bond donors (Lipinski definition) is 1. The van der Waals surface area contributed by atoms with Crippen molar-refractivity contribution in [2.75, 3.05) is 13.1 Å². The zero-order valence-electron chi connectivity index (χ0n) is 10.5. The third kappa shape index (κ3) is 2.71. The Morgan fingerprint density at radius 1 is 1.42 bits per heavy atom. The minimum Gasteiger partial charge on any atom is -0.393 e. The molecule has 3 nitrogen and oxygen atoms in total. The van der Waals surface area contributed by atoms with Crippen LogP contribution in [0.4, 0.5) is 0 Å². The van der Waals surface area contributed by atoms with Gasteiger partial charge in [-0.15, -0.1) is 11.3 Å². The van der Waals surface area contributed by atoms with Crippen LogP contribution in [0.2, 0.25) is 4.34 Å². The minimum atomic E-state index is -0.220. The van der Waals surface area contributed by atoms with E-state index in [9.17, 15) is 9.90 Å². The molecule has 19 heavy (non-hydrogen) atoms. The summed E-state index contributed by atoms with van der Waals surface area (Å²) < 4.78 is 0.728. The van der Waals surface area contributed by atoms with E-state index in [0.717, 1.165) is 28.6 Å². The number of fused-ring (bicyclic) bond motifs is 1. The molecule has 1 amide bonds. The molecule has 2 fully saturated rings. The molecule has 0 spiro atoms. The van der Waals surface area contributed by atoms with E-state index in [-0.39, 0.29) is 17.9 Å². The average Bonchev–Trinajstić information content (AvgIpc) is 3.05. The molecule has 1 aliphatic carbocycles. The number of carbonyl (C=O) groups excluding carboxylic acids is 1. The molecule has 3 unspecified atom stereocenters. The first-order chi connectivity index (χ1) is 9.13. The molecule has 0 radical (unpaired) electrons. The number of aliphatic hydroxyl groups excluding tert-OH is 1. The van der Waals surface area contributed by atoms with Gasteiger partial charge in [-0.2, -0.15) is 0 Å². The Balaban J connectivity index is 1.61. The van der Waals surface area contributed by atoms with Crippen LogP contribution in [-0.2, 0) is 4.79 Å². The number of hydrogen-bond acceptors (Lipinski definition) is 3. The molecule has 3 rings (SSSR count). The molecule has 1 aromatic heterocycles. The van der Waals surface area contributed by atoms with Crippen LogP contribution in [0.15, 0.2) is 18.2 Å². The highest BCUT2D eigenvalue weighted by Gasteiger charge is 2.42. The number of thiophene rings is 1. The number of aliphatic hydroxyl groups is 1. The molecule has 102 valence electrons. The lowest BCUT2D eigenvalue weighted by Crippen LogP contribution is -2.29. The Morgan fingerprint density at radius 3 is 2.95 bits per heavy atom. The second kappa shape index (κ2) is 5.27. The summed E-state index contributed by atoms with van der Waals surface area (Å²) in [5.41, 5.74) is 0. The summed E-state index contributed by atoms with van der Waals surface area (Å²) in [6, 6.07) is 3.73. The van der Waals surface area contributed by atoms with Gasteiger partial charge in [0.1, 0.15) is 0 Å². The number of amides is 1. The van der Waals surface area contributed by atoms with E-state index in [1.165, 1.54) is 11.3 Å². The van der Waals surface area contributed by atoms with Crippen LogP contribution >= 0.6 is 22.9 Å². The van der Waals surface area contributed by atoms with Gasteiger partial charge in [-0.3, -0.25) is 4.79 Å². The van der Waals surface area contributed by atoms with Crippen LogP contribution in [0.25, 0.3) is 6.08 Å². The van der Waals surface area contributed by atoms with Crippen LogP contribution in [-0.4, -0.2) is 35.1 Å². The zero-order chi connectivity index (χ0) is 13.4. The van der Waals surface area contributed by atoms with Crippen molar-refractivity contribution in [2.24, 2.45) is 11.8 Å². The van der Waals surface area contributed by atoms with E-state index in [0.29, 0.717) is 12.5 Å². The van der Waals surface area contributed by atoms with Crippen molar-refractivity contribution in [3.8, 4) is 0 Å². The van der Waals surface area contributed by atoms with E-state index in [1.54, 1.807) is 6.08 Å². The maximum absolute atomic E-state index is 12.1. The quantitative estimate of drug-likeness (QED) is 0.853. The molecule has 1 saturated heterocycles. The maximum Gasteiger partial charge on any atom is 0.246 e. The van der Waals surface area contributed by atoms with Crippen molar-refractivity contribution in [3.63, 3.8) is 0 Å². The summed E-state index contributed by atoms with van der Waals surface area (Å²) >= 11 is 7.30. The first-order valence-corrected chi connectivity index (χ1v) is 7.73. The van der Waals surface area contributed by atoms with E-state index in [1.807, 2.05) is 23.1 Å². The van der Waals surface area contributed by atoms with Crippen LogP contribution in [0.1, 0.15) is 17.7 Å². The molecular weight excluding hydrogens is 282 g/mol. The second-order valence-corrected chi connectivity index (χ2v) is 7.03. The van der Waals surface area contributed by atoms with Crippen LogP contribution < -0.4 is 0 Å². The van der Waals surface area contributed by atoms with Crippen LogP contribution in [0.3, 0.4) is 0 Å². The van der Waals surface area contributed by atoms with Gasteiger partial charge in [-0.1, -0.05) is 11.6 Å². The first kappa shape index (κ1) is 13.2. The molecule has 1 N–H and O–H groups in total. The third-order valence-corrected chi connectivity index (χ3v) is 5.31. The molecule has 1 saturated carbocycles. The lowest BCUT2D eigenvalue weighted by molar-refractivity contribution is -0.125. The lowest BCUT2D eigenvalue weighted by Gasteiger charge is -2.16. The normalized spacial score (nSPS) is 30.2. The van der Waals surface area contributed by atoms with Gasteiger partial charge in [0.25, 0.3) is 0 Å². The summed E-state index contributed by atoms with van der Waals surface area (Å²) in [5, 5.41) is 9.84. The Morgan fingerprint density at radius 2 is 2.26 bits per heavy atom. The van der Waals surface area contributed by atoms with Crippen molar-refractivity contribution < 1.29 is 9.90 Å². The maximum atomic E-state index is 12.1. The summed E-state index contributed by atoms with van der Waals surface area (Å²) in [6.07, 6.45) is 5.13. The van der Waals surface area contributed by atoms with Crippen molar-refractivity contribution in [1.82, 2.24) is 4.90 Å². The van der Waals surface area contributed by atoms with Crippen molar-refractivity contribution in [1.29, 1.82) is 0 Å². The highest BCUT2D eigenvalue weighted by atomic mass is 35.5. The monoisotopic (exact) mass is 297 g/mol. The van der Waals surface area contributed by atoms with Crippen LogP contribution in [0.5, 0.6) is 0 Å². The number of halogens is 1. The van der Waals surface area contributed by atoms with Crippen LogP contribution in [0, 0.1) is 11.8 Å². The van der Waals surface area contributed by atoms with Gasteiger partial charge >= 0.3 is 0 Å². The standard InChI is InChI=1S/C14H16ClNO2S/c15-13-5-2-10(19-13)3-6-14(18)16-7-9-1-4-12(17)11(9)8-16/h2-3,5-6,9,11-12,17H,1,4,7-8H2/b6-3+. The average molecular weight is 298 g/mol. The summed E-state index contributed by atoms with van der Waals surface area (Å²) in [7, 11) is 0. The van der Waals surface area contributed by atoms with Gasteiger partial charge in [0.2, 0.25) is 5.91 Å². The smallest absolute Gasteiger partial charge is 0.246 e. The second-order valence-electron chi connectivity index (χ2n) is 5.29. The summed E-state index contributed by atoms with van der Waals surface area (Å²) in [5.74, 6) is 0.809. The van der Waals surface area contributed by atoms with E-state index in [2.05, 4.69) is 0 Å². The molecule has 2 heterocycles. The number of likely N-dealkylation sites (tertiary alicyclic amines) is 1. The van der Waals surface area contributed by atoms with Gasteiger partial charge in [-0.25, -0.2) is 0 Å². The molecule has 3 atom stereocenters. The van der Waals surface area contributed by atoms with E-state index >= 15 is 0 Å². The molecule has 1 aliphatic heterocycles. The fourth-order valence-electron chi connectivity index (χ4n) is 3.09. The fraction of sp³-hybridized carbons (Fsp3) is 0.500. The Labute approximate surface area is 121 Å². The Bertz CT molecular complexity index is 513. The summed E-state index contributed by atoms with van der Waals surface area (Å²) in [4.78, 5) is 14.9. The minimum absolute atomic E-state index is 0.0334. The predicted molar refractivity (Wildman–Crippen MR) is 77.2 cm³/mol.